The number of aliphatic carboxylic acids is 1. The summed E-state index contributed by atoms with van der Waals surface area (Å²) < 4.78 is 29.4. The molecule has 0 radical (unpaired) electrons. The minimum absolute atomic E-state index is 0.143. The lowest BCUT2D eigenvalue weighted by Gasteiger charge is -2.10. The molecule has 0 amide bonds. The summed E-state index contributed by atoms with van der Waals surface area (Å²) in [5.74, 6) is -0.676. The van der Waals surface area contributed by atoms with Gasteiger partial charge in [-0.05, 0) is 17.7 Å². The van der Waals surface area contributed by atoms with Gasteiger partial charge in [0.25, 0.3) is 0 Å². The third-order valence-electron chi connectivity index (χ3n) is 1.92. The van der Waals surface area contributed by atoms with Gasteiger partial charge in [-0.15, -0.1) is 0 Å². The number of sulfonamides is 1. The molecule has 0 fully saturated rings. The largest absolute Gasteiger partial charge is 0.495 e. The van der Waals surface area contributed by atoms with E-state index in [1.807, 2.05) is 0 Å². The van der Waals surface area contributed by atoms with Crippen molar-refractivity contribution in [3.63, 3.8) is 0 Å². The molecular formula is C10H13NO5S. The number of ether oxygens (including phenoxy) is 1. The molecule has 2 N–H and O–H groups in total. The molecule has 1 aromatic carbocycles. The van der Waals surface area contributed by atoms with Crippen molar-refractivity contribution in [2.75, 3.05) is 18.1 Å². The van der Waals surface area contributed by atoms with Crippen molar-refractivity contribution in [2.24, 2.45) is 0 Å². The van der Waals surface area contributed by atoms with Crippen LogP contribution in [0, 0.1) is 0 Å². The minimum Gasteiger partial charge on any atom is -0.495 e. The summed E-state index contributed by atoms with van der Waals surface area (Å²) >= 11 is 0. The Morgan fingerprint density at radius 2 is 2.12 bits per heavy atom. The number of nitrogens with one attached hydrogen (secondary N) is 1. The molecule has 0 aliphatic rings. The molecule has 0 unspecified atom stereocenters. The van der Waals surface area contributed by atoms with Gasteiger partial charge in [0, 0.05) is 0 Å². The molecule has 0 bridgehead atoms. The predicted octanol–water partition coefficient (Wildman–Crippen LogP) is 0.694. The van der Waals surface area contributed by atoms with Crippen molar-refractivity contribution < 1.29 is 23.1 Å². The maximum absolute atomic E-state index is 11.1. The van der Waals surface area contributed by atoms with Crippen LogP contribution in [0.3, 0.4) is 0 Å². The zero-order chi connectivity index (χ0) is 13.1. The highest BCUT2D eigenvalue weighted by atomic mass is 32.2. The Morgan fingerprint density at radius 1 is 1.47 bits per heavy atom. The van der Waals surface area contributed by atoms with E-state index < -0.39 is 16.0 Å². The molecule has 1 rings (SSSR count). The van der Waals surface area contributed by atoms with Gasteiger partial charge in [0.15, 0.2) is 0 Å². The molecule has 0 heterocycles. The number of hydrogen-bond donors (Lipinski definition) is 2. The number of anilines is 1. The van der Waals surface area contributed by atoms with Crippen LogP contribution in [-0.2, 0) is 21.2 Å². The van der Waals surface area contributed by atoms with Crippen molar-refractivity contribution >= 4 is 21.7 Å². The van der Waals surface area contributed by atoms with Gasteiger partial charge in [-0.3, -0.25) is 9.52 Å². The number of benzene rings is 1. The van der Waals surface area contributed by atoms with Gasteiger partial charge in [0.1, 0.15) is 5.75 Å². The molecule has 0 aliphatic heterocycles. The van der Waals surface area contributed by atoms with Gasteiger partial charge in [0.2, 0.25) is 10.0 Å². The molecule has 1 aromatic rings. The standard InChI is InChI=1S/C10H13NO5S/c1-16-9-5-7(6-10(12)13)3-4-8(9)11-17(2,14)15/h3-5,11H,6H2,1-2H3,(H,12,13). The first-order valence-corrected chi connectivity index (χ1v) is 6.57. The number of carbonyl (C=O) groups is 1. The normalized spacial score (nSPS) is 10.9. The Balaban J connectivity index is 3.05. The average molecular weight is 259 g/mol. The second kappa shape index (κ2) is 5.05. The van der Waals surface area contributed by atoms with Crippen LogP contribution in [0.25, 0.3) is 0 Å². The number of carboxylic acid groups (broad SMARTS) is 1. The van der Waals surface area contributed by atoms with E-state index >= 15 is 0 Å². The molecule has 94 valence electrons. The summed E-state index contributed by atoms with van der Waals surface area (Å²) in [4.78, 5) is 10.5. The van der Waals surface area contributed by atoms with Gasteiger partial charge in [-0.2, -0.15) is 0 Å². The maximum Gasteiger partial charge on any atom is 0.307 e. The van der Waals surface area contributed by atoms with E-state index in [2.05, 4.69) is 4.72 Å². The zero-order valence-corrected chi connectivity index (χ0v) is 10.2. The van der Waals surface area contributed by atoms with E-state index in [9.17, 15) is 13.2 Å². The van der Waals surface area contributed by atoms with E-state index in [1.165, 1.54) is 25.3 Å². The van der Waals surface area contributed by atoms with Crippen molar-refractivity contribution in [2.45, 2.75) is 6.42 Å². The fourth-order valence-corrected chi connectivity index (χ4v) is 1.87. The number of rotatable bonds is 5. The van der Waals surface area contributed by atoms with Gasteiger partial charge < -0.3 is 9.84 Å². The first-order valence-electron chi connectivity index (χ1n) is 4.68. The SMILES string of the molecule is COc1cc(CC(=O)O)ccc1NS(C)(=O)=O. The van der Waals surface area contributed by atoms with Crippen LogP contribution in [-0.4, -0.2) is 32.9 Å². The van der Waals surface area contributed by atoms with Crippen LogP contribution in [0.5, 0.6) is 5.75 Å². The maximum atomic E-state index is 11.1. The summed E-state index contributed by atoms with van der Waals surface area (Å²) in [5, 5.41) is 8.63. The summed E-state index contributed by atoms with van der Waals surface area (Å²) in [6, 6.07) is 4.49. The summed E-state index contributed by atoms with van der Waals surface area (Å²) in [6.45, 7) is 0. The molecule has 7 heteroatoms. The smallest absolute Gasteiger partial charge is 0.307 e. The van der Waals surface area contributed by atoms with Gasteiger partial charge in [0.05, 0.1) is 25.5 Å². The molecule has 17 heavy (non-hydrogen) atoms. The van der Waals surface area contributed by atoms with Crippen molar-refractivity contribution in [1.29, 1.82) is 0 Å². The fourth-order valence-electron chi connectivity index (χ4n) is 1.30. The number of hydrogen-bond acceptors (Lipinski definition) is 4. The first kappa shape index (κ1) is 13.3. The van der Waals surface area contributed by atoms with E-state index in [4.69, 9.17) is 9.84 Å². The monoisotopic (exact) mass is 259 g/mol. The van der Waals surface area contributed by atoms with Crippen LogP contribution in [0.15, 0.2) is 18.2 Å². The lowest BCUT2D eigenvalue weighted by atomic mass is 10.1. The van der Waals surface area contributed by atoms with Gasteiger partial charge in [-0.1, -0.05) is 6.07 Å². The third kappa shape index (κ3) is 4.31. The highest BCUT2D eigenvalue weighted by Crippen LogP contribution is 2.26. The van der Waals surface area contributed by atoms with Crippen molar-refractivity contribution in [3.8, 4) is 5.75 Å². The van der Waals surface area contributed by atoms with Crippen LogP contribution < -0.4 is 9.46 Å². The average Bonchev–Trinajstić information content (AvgIpc) is 2.17. The van der Waals surface area contributed by atoms with Crippen LogP contribution in [0.2, 0.25) is 0 Å². The van der Waals surface area contributed by atoms with E-state index in [0.717, 1.165) is 6.26 Å². The number of methoxy groups -OCH3 is 1. The van der Waals surface area contributed by atoms with Crippen LogP contribution in [0.1, 0.15) is 5.56 Å². The summed E-state index contributed by atoms with van der Waals surface area (Å²) in [7, 11) is -2.01. The second-order valence-corrected chi connectivity index (χ2v) is 5.23. The summed E-state index contributed by atoms with van der Waals surface area (Å²) in [6.07, 6.45) is 0.882. The lowest BCUT2D eigenvalue weighted by Crippen LogP contribution is -2.11. The highest BCUT2D eigenvalue weighted by molar-refractivity contribution is 7.92. The van der Waals surface area contributed by atoms with E-state index in [-0.39, 0.29) is 17.9 Å². The van der Waals surface area contributed by atoms with E-state index in [1.54, 1.807) is 0 Å². The molecule has 6 nitrogen and oxygen atoms in total. The molecule has 0 aliphatic carbocycles. The van der Waals surface area contributed by atoms with Crippen LogP contribution >= 0.6 is 0 Å². The Hall–Kier alpha value is -1.76. The highest BCUT2D eigenvalue weighted by Gasteiger charge is 2.10. The predicted molar refractivity (Wildman–Crippen MR) is 62.8 cm³/mol. The molecular weight excluding hydrogens is 246 g/mol. The van der Waals surface area contributed by atoms with Gasteiger partial charge >= 0.3 is 5.97 Å². The first-order chi connectivity index (χ1) is 7.81. The Bertz CT molecular complexity index is 523. The quantitative estimate of drug-likeness (QED) is 0.811. The topological polar surface area (TPSA) is 92.7 Å². The summed E-state index contributed by atoms with van der Waals surface area (Å²) in [5.41, 5.74) is 0.817. The molecule has 0 spiro atoms. The Kier molecular flexibility index (Phi) is 3.95. The minimum atomic E-state index is -3.39. The fraction of sp³-hybridized carbons (Fsp3) is 0.300. The zero-order valence-electron chi connectivity index (χ0n) is 9.43. The Morgan fingerprint density at radius 3 is 2.59 bits per heavy atom. The Labute approximate surface area is 99.3 Å². The number of carboxylic acids is 1. The molecule has 0 saturated carbocycles. The van der Waals surface area contributed by atoms with Gasteiger partial charge in [-0.25, -0.2) is 8.42 Å². The molecule has 0 saturated heterocycles. The lowest BCUT2D eigenvalue weighted by molar-refractivity contribution is -0.136. The van der Waals surface area contributed by atoms with Crippen molar-refractivity contribution in [1.82, 2.24) is 0 Å². The molecule has 0 atom stereocenters. The van der Waals surface area contributed by atoms with E-state index in [0.29, 0.717) is 5.56 Å². The molecule has 0 aromatic heterocycles. The van der Waals surface area contributed by atoms with Crippen molar-refractivity contribution in [3.05, 3.63) is 23.8 Å². The third-order valence-corrected chi connectivity index (χ3v) is 2.51. The van der Waals surface area contributed by atoms with Crippen LogP contribution in [0.4, 0.5) is 5.69 Å². The second-order valence-electron chi connectivity index (χ2n) is 3.48.